The summed E-state index contributed by atoms with van der Waals surface area (Å²) in [5, 5.41) is 4.17. The number of carbonyl (C=O) groups excluding carboxylic acids is 1. The van der Waals surface area contributed by atoms with Gasteiger partial charge in [0.25, 0.3) is 5.91 Å². The number of fused-ring (bicyclic) bond motifs is 1. The predicted molar refractivity (Wildman–Crippen MR) is 82.2 cm³/mol. The number of rotatable bonds is 2. The Morgan fingerprint density at radius 2 is 2.10 bits per heavy atom. The van der Waals surface area contributed by atoms with Crippen LogP contribution in [0.2, 0.25) is 0 Å². The van der Waals surface area contributed by atoms with Gasteiger partial charge in [0.2, 0.25) is 0 Å². The molecule has 0 radical (unpaired) electrons. The van der Waals surface area contributed by atoms with E-state index in [9.17, 15) is 4.79 Å². The third-order valence-corrected chi connectivity index (χ3v) is 4.89. The summed E-state index contributed by atoms with van der Waals surface area (Å²) >= 11 is 1.50. The summed E-state index contributed by atoms with van der Waals surface area (Å²) in [5.41, 5.74) is 6.33. The molecule has 0 spiro atoms. The zero-order valence-electron chi connectivity index (χ0n) is 11.4. The molecular weight excluding hydrogens is 272 g/mol. The number of hydrogen-bond donors (Lipinski definition) is 2. The van der Waals surface area contributed by atoms with Gasteiger partial charge in [0.15, 0.2) is 0 Å². The molecule has 1 fully saturated rings. The molecule has 1 saturated heterocycles. The molecule has 1 aromatic heterocycles. The maximum atomic E-state index is 12.4. The van der Waals surface area contributed by atoms with Crippen LogP contribution in [-0.4, -0.2) is 24.7 Å². The van der Waals surface area contributed by atoms with Crippen LogP contribution in [0.5, 0.6) is 0 Å². The molecule has 2 heterocycles. The van der Waals surface area contributed by atoms with Crippen molar-refractivity contribution in [3.05, 3.63) is 29.1 Å². The fourth-order valence-electron chi connectivity index (χ4n) is 2.46. The predicted octanol–water partition coefficient (Wildman–Crippen LogP) is 2.78. The minimum absolute atomic E-state index is 0.00540. The number of ether oxygens (including phenoxy) is 1. The third kappa shape index (κ3) is 2.64. The van der Waals surface area contributed by atoms with Crippen LogP contribution in [0.1, 0.15) is 29.4 Å². The van der Waals surface area contributed by atoms with E-state index >= 15 is 0 Å². The van der Waals surface area contributed by atoms with E-state index in [1.54, 1.807) is 0 Å². The molecular formula is C15H18N2O2S. The summed E-state index contributed by atoms with van der Waals surface area (Å²) in [6.45, 7) is 3.50. The maximum Gasteiger partial charge on any atom is 0.261 e. The van der Waals surface area contributed by atoms with E-state index in [2.05, 4.69) is 12.2 Å². The smallest absolute Gasteiger partial charge is 0.261 e. The number of anilines is 1. The zero-order valence-corrected chi connectivity index (χ0v) is 12.3. The molecule has 1 amide bonds. The van der Waals surface area contributed by atoms with E-state index in [1.165, 1.54) is 11.3 Å². The highest BCUT2D eigenvalue weighted by Crippen LogP contribution is 2.28. The molecule has 5 heteroatoms. The fourth-order valence-corrected chi connectivity index (χ4v) is 3.39. The maximum absolute atomic E-state index is 12.4. The summed E-state index contributed by atoms with van der Waals surface area (Å²) < 4.78 is 6.44. The first-order valence-electron chi connectivity index (χ1n) is 6.75. The lowest BCUT2D eigenvalue weighted by Gasteiger charge is -2.34. The second-order valence-corrected chi connectivity index (χ2v) is 6.62. The molecule has 1 aliphatic heterocycles. The van der Waals surface area contributed by atoms with E-state index in [-0.39, 0.29) is 11.4 Å². The lowest BCUT2D eigenvalue weighted by Crippen LogP contribution is -2.49. The molecule has 0 unspecified atom stereocenters. The van der Waals surface area contributed by atoms with Crippen LogP contribution in [0, 0.1) is 0 Å². The number of hydrogen-bond acceptors (Lipinski definition) is 4. The summed E-state index contributed by atoms with van der Waals surface area (Å²) in [5.74, 6) is -0.00540. The van der Waals surface area contributed by atoms with Gasteiger partial charge in [-0.15, -0.1) is 11.3 Å². The molecule has 0 bridgehead atoms. The Morgan fingerprint density at radius 1 is 1.35 bits per heavy atom. The molecule has 2 aromatic rings. The summed E-state index contributed by atoms with van der Waals surface area (Å²) in [7, 11) is 0. The first-order chi connectivity index (χ1) is 9.56. The van der Waals surface area contributed by atoms with Crippen molar-refractivity contribution < 1.29 is 9.53 Å². The highest BCUT2D eigenvalue weighted by atomic mass is 32.1. The van der Waals surface area contributed by atoms with Gasteiger partial charge < -0.3 is 15.8 Å². The number of benzene rings is 1. The topological polar surface area (TPSA) is 64.4 Å². The second-order valence-electron chi connectivity index (χ2n) is 5.54. The van der Waals surface area contributed by atoms with Crippen molar-refractivity contribution in [2.24, 2.45) is 0 Å². The Labute approximate surface area is 121 Å². The van der Waals surface area contributed by atoms with E-state index in [0.717, 1.165) is 33.5 Å². The van der Waals surface area contributed by atoms with Crippen molar-refractivity contribution in [1.82, 2.24) is 5.32 Å². The van der Waals surface area contributed by atoms with Crippen molar-refractivity contribution in [1.29, 1.82) is 0 Å². The largest absolute Gasteiger partial charge is 0.399 e. The third-order valence-electron chi connectivity index (χ3n) is 3.78. The molecule has 20 heavy (non-hydrogen) atoms. The number of thiophene rings is 1. The SMILES string of the molecule is CC1(NC(=O)c2cc3cc(N)ccc3s2)CCOCC1. The van der Waals surface area contributed by atoms with Gasteiger partial charge >= 0.3 is 0 Å². The van der Waals surface area contributed by atoms with E-state index in [0.29, 0.717) is 13.2 Å². The van der Waals surface area contributed by atoms with Gasteiger partial charge in [0, 0.05) is 29.1 Å². The monoisotopic (exact) mass is 290 g/mol. The molecule has 0 aliphatic carbocycles. The van der Waals surface area contributed by atoms with Gasteiger partial charge in [-0.05, 0) is 49.4 Å². The normalized spacial score (nSPS) is 18.1. The first-order valence-corrected chi connectivity index (χ1v) is 7.57. The lowest BCUT2D eigenvalue weighted by molar-refractivity contribution is 0.0424. The summed E-state index contributed by atoms with van der Waals surface area (Å²) in [6, 6.07) is 7.63. The Bertz CT molecular complexity index is 644. The number of nitrogens with two attached hydrogens (primary N) is 1. The number of nitrogen functional groups attached to an aromatic ring is 1. The highest BCUT2D eigenvalue weighted by molar-refractivity contribution is 7.20. The number of carbonyl (C=O) groups is 1. The van der Waals surface area contributed by atoms with Crippen molar-refractivity contribution in [2.45, 2.75) is 25.3 Å². The van der Waals surface area contributed by atoms with Gasteiger partial charge in [-0.3, -0.25) is 4.79 Å². The molecule has 3 N–H and O–H groups in total. The Morgan fingerprint density at radius 3 is 2.85 bits per heavy atom. The average Bonchev–Trinajstić information content (AvgIpc) is 2.82. The first kappa shape index (κ1) is 13.4. The average molecular weight is 290 g/mol. The van der Waals surface area contributed by atoms with Crippen molar-refractivity contribution in [3.63, 3.8) is 0 Å². The number of amides is 1. The summed E-state index contributed by atoms with van der Waals surface area (Å²) in [6.07, 6.45) is 1.72. The van der Waals surface area contributed by atoms with Gasteiger partial charge in [0.05, 0.1) is 4.88 Å². The van der Waals surface area contributed by atoms with Gasteiger partial charge in [-0.2, -0.15) is 0 Å². The molecule has 1 aromatic carbocycles. The Balaban J connectivity index is 1.81. The number of nitrogens with one attached hydrogen (secondary N) is 1. The quantitative estimate of drug-likeness (QED) is 0.836. The minimum atomic E-state index is -0.162. The highest BCUT2D eigenvalue weighted by Gasteiger charge is 2.29. The van der Waals surface area contributed by atoms with Gasteiger partial charge in [0.1, 0.15) is 0 Å². The second kappa shape index (κ2) is 5.07. The van der Waals surface area contributed by atoms with Crippen LogP contribution >= 0.6 is 11.3 Å². The van der Waals surface area contributed by atoms with Crippen LogP contribution in [0.25, 0.3) is 10.1 Å². The van der Waals surface area contributed by atoms with E-state index in [4.69, 9.17) is 10.5 Å². The van der Waals surface area contributed by atoms with Crippen molar-refractivity contribution in [3.8, 4) is 0 Å². The van der Waals surface area contributed by atoms with Crippen LogP contribution in [0.4, 0.5) is 5.69 Å². The van der Waals surface area contributed by atoms with Crippen LogP contribution in [0.3, 0.4) is 0 Å². The minimum Gasteiger partial charge on any atom is -0.399 e. The lowest BCUT2D eigenvalue weighted by atomic mass is 9.92. The summed E-state index contributed by atoms with van der Waals surface area (Å²) in [4.78, 5) is 13.1. The van der Waals surface area contributed by atoms with Crippen molar-refractivity contribution >= 4 is 33.0 Å². The van der Waals surface area contributed by atoms with Crippen LogP contribution in [0.15, 0.2) is 24.3 Å². The Hall–Kier alpha value is -1.59. The van der Waals surface area contributed by atoms with Gasteiger partial charge in [-0.1, -0.05) is 0 Å². The molecule has 0 atom stereocenters. The molecule has 3 rings (SSSR count). The van der Waals surface area contributed by atoms with E-state index < -0.39 is 0 Å². The molecule has 106 valence electrons. The van der Waals surface area contributed by atoms with E-state index in [1.807, 2.05) is 24.3 Å². The molecule has 1 aliphatic rings. The van der Waals surface area contributed by atoms with Crippen molar-refractivity contribution in [2.75, 3.05) is 18.9 Å². The van der Waals surface area contributed by atoms with Gasteiger partial charge in [-0.25, -0.2) is 0 Å². The molecule has 4 nitrogen and oxygen atoms in total. The molecule has 0 saturated carbocycles. The standard InChI is InChI=1S/C15H18N2O2S/c1-15(4-6-19-7-5-15)17-14(18)13-9-10-8-11(16)2-3-12(10)20-13/h2-3,8-9H,4-7,16H2,1H3,(H,17,18). The fraction of sp³-hybridized carbons (Fsp3) is 0.400. The Kier molecular flexibility index (Phi) is 3.40. The van der Waals surface area contributed by atoms with Crippen LogP contribution < -0.4 is 11.1 Å². The zero-order chi connectivity index (χ0) is 14.2. The van der Waals surface area contributed by atoms with Crippen LogP contribution in [-0.2, 0) is 4.74 Å².